The summed E-state index contributed by atoms with van der Waals surface area (Å²) in [6, 6.07) is 0. The number of halogens is 2. The molecule has 0 spiro atoms. The zero-order valence-electron chi connectivity index (χ0n) is 13.6. The van der Waals surface area contributed by atoms with Gasteiger partial charge in [0.1, 0.15) is 5.69 Å². The molecule has 0 saturated carbocycles. The Bertz CT molecular complexity index is 604. The van der Waals surface area contributed by atoms with Gasteiger partial charge in [-0.25, -0.2) is 8.78 Å². The molecule has 3 heterocycles. The van der Waals surface area contributed by atoms with Gasteiger partial charge in [-0.15, -0.1) is 0 Å². The lowest BCUT2D eigenvalue weighted by atomic mass is 9.81. The summed E-state index contributed by atoms with van der Waals surface area (Å²) < 4.78 is 33.1. The van der Waals surface area contributed by atoms with Gasteiger partial charge in [0.05, 0.1) is 18.8 Å². The van der Waals surface area contributed by atoms with Gasteiger partial charge in [-0.1, -0.05) is 0 Å². The van der Waals surface area contributed by atoms with Crippen molar-refractivity contribution < 1.29 is 18.3 Å². The molecular formula is C15H22F2N4O2. The number of carbonyl (C=O) groups excluding carboxylic acids is 1. The third-order valence-corrected chi connectivity index (χ3v) is 4.73. The van der Waals surface area contributed by atoms with E-state index in [-0.39, 0.29) is 22.8 Å². The number of fused-ring (bicyclic) bond motifs is 1. The standard InChI is InChI=1S/C15H22F2N4O2/c1-19(2)7-15-8-21(4-10(15)6-23-9-15)14(22)11-5-20(3)18-12(11)13(16)17/h5,10,13H,4,6-9H2,1-3H3/t10-,15+/m1/s1. The van der Waals surface area contributed by atoms with Crippen LogP contribution in [0, 0.1) is 11.3 Å². The van der Waals surface area contributed by atoms with Gasteiger partial charge in [0.15, 0.2) is 0 Å². The van der Waals surface area contributed by atoms with Gasteiger partial charge in [0, 0.05) is 44.2 Å². The average molecular weight is 328 g/mol. The normalized spacial score (nSPS) is 27.3. The lowest BCUT2D eigenvalue weighted by molar-refractivity contribution is 0.0686. The van der Waals surface area contributed by atoms with Gasteiger partial charge in [-0.3, -0.25) is 9.48 Å². The topological polar surface area (TPSA) is 50.6 Å². The Labute approximate surface area is 134 Å². The third kappa shape index (κ3) is 2.85. The molecule has 23 heavy (non-hydrogen) atoms. The number of likely N-dealkylation sites (tertiary alicyclic amines) is 1. The number of carbonyl (C=O) groups is 1. The summed E-state index contributed by atoms with van der Waals surface area (Å²) in [4.78, 5) is 16.5. The summed E-state index contributed by atoms with van der Waals surface area (Å²) in [6.45, 7) is 3.12. The summed E-state index contributed by atoms with van der Waals surface area (Å²) in [5.41, 5.74) is -0.539. The van der Waals surface area contributed by atoms with Crippen molar-refractivity contribution in [3.05, 3.63) is 17.5 Å². The van der Waals surface area contributed by atoms with Crippen LogP contribution >= 0.6 is 0 Å². The first-order valence-corrected chi connectivity index (χ1v) is 7.66. The predicted molar refractivity (Wildman–Crippen MR) is 79.4 cm³/mol. The molecule has 2 aliphatic rings. The van der Waals surface area contributed by atoms with Crippen molar-refractivity contribution >= 4 is 5.91 Å². The minimum atomic E-state index is -2.75. The zero-order valence-corrected chi connectivity index (χ0v) is 13.6. The number of alkyl halides is 2. The van der Waals surface area contributed by atoms with Gasteiger partial charge in [0.25, 0.3) is 12.3 Å². The predicted octanol–water partition coefficient (Wildman–Crippen LogP) is 1.01. The Balaban J connectivity index is 1.82. The molecule has 1 aromatic heterocycles. The second-order valence-corrected chi connectivity index (χ2v) is 6.90. The van der Waals surface area contributed by atoms with Crippen LogP contribution in [-0.2, 0) is 11.8 Å². The number of hydrogen-bond donors (Lipinski definition) is 0. The molecule has 0 aromatic carbocycles. The van der Waals surface area contributed by atoms with E-state index in [1.807, 2.05) is 14.1 Å². The van der Waals surface area contributed by atoms with E-state index in [2.05, 4.69) is 10.00 Å². The monoisotopic (exact) mass is 328 g/mol. The summed E-state index contributed by atoms with van der Waals surface area (Å²) in [7, 11) is 5.53. The summed E-state index contributed by atoms with van der Waals surface area (Å²) in [5, 5.41) is 3.73. The smallest absolute Gasteiger partial charge is 0.282 e. The van der Waals surface area contributed by atoms with Crippen LogP contribution in [0.4, 0.5) is 8.78 Å². The van der Waals surface area contributed by atoms with Crippen LogP contribution in [-0.4, -0.2) is 72.4 Å². The minimum absolute atomic E-state index is 0.00314. The summed E-state index contributed by atoms with van der Waals surface area (Å²) >= 11 is 0. The quantitative estimate of drug-likeness (QED) is 0.828. The highest BCUT2D eigenvalue weighted by atomic mass is 19.3. The Kier molecular flexibility index (Phi) is 4.14. The van der Waals surface area contributed by atoms with Crippen LogP contribution in [0.2, 0.25) is 0 Å². The highest BCUT2D eigenvalue weighted by Crippen LogP contribution is 2.42. The fraction of sp³-hybridized carbons (Fsp3) is 0.733. The summed E-state index contributed by atoms with van der Waals surface area (Å²) in [6.07, 6.45) is -1.37. The highest BCUT2D eigenvalue weighted by Gasteiger charge is 2.52. The second-order valence-electron chi connectivity index (χ2n) is 6.90. The van der Waals surface area contributed by atoms with E-state index < -0.39 is 12.1 Å². The average Bonchev–Trinajstić information content (AvgIpc) is 3.08. The Morgan fingerprint density at radius 2 is 2.30 bits per heavy atom. The molecule has 8 heteroatoms. The Morgan fingerprint density at radius 3 is 2.96 bits per heavy atom. The first-order chi connectivity index (χ1) is 10.8. The van der Waals surface area contributed by atoms with E-state index in [9.17, 15) is 13.6 Å². The number of aryl methyl sites for hydroxylation is 1. The van der Waals surface area contributed by atoms with Crippen molar-refractivity contribution in [2.75, 3.05) is 46.9 Å². The van der Waals surface area contributed by atoms with Gasteiger partial charge < -0.3 is 14.5 Å². The van der Waals surface area contributed by atoms with Crippen molar-refractivity contribution in [3.8, 4) is 0 Å². The minimum Gasteiger partial charge on any atom is -0.380 e. The van der Waals surface area contributed by atoms with Crippen molar-refractivity contribution in [3.63, 3.8) is 0 Å². The number of hydrogen-bond acceptors (Lipinski definition) is 4. The van der Waals surface area contributed by atoms with E-state index in [1.54, 1.807) is 11.9 Å². The van der Waals surface area contributed by atoms with Crippen LogP contribution in [0.1, 0.15) is 22.5 Å². The van der Waals surface area contributed by atoms with Crippen molar-refractivity contribution in [2.45, 2.75) is 6.43 Å². The number of rotatable bonds is 4. The van der Waals surface area contributed by atoms with Crippen molar-refractivity contribution in [2.24, 2.45) is 18.4 Å². The largest absolute Gasteiger partial charge is 0.380 e. The molecule has 128 valence electrons. The maximum atomic E-state index is 13.1. The molecule has 2 aliphatic heterocycles. The zero-order chi connectivity index (χ0) is 16.8. The van der Waals surface area contributed by atoms with Gasteiger partial charge in [-0.2, -0.15) is 5.10 Å². The third-order valence-electron chi connectivity index (χ3n) is 4.73. The fourth-order valence-corrected chi connectivity index (χ4v) is 3.84. The molecule has 0 N–H and O–H groups in total. The van der Waals surface area contributed by atoms with E-state index >= 15 is 0 Å². The molecule has 0 radical (unpaired) electrons. The number of nitrogens with zero attached hydrogens (tertiary/aromatic N) is 4. The van der Waals surface area contributed by atoms with E-state index in [0.717, 1.165) is 6.54 Å². The molecule has 2 atom stereocenters. The number of amides is 1. The molecule has 1 amide bonds. The van der Waals surface area contributed by atoms with Crippen LogP contribution < -0.4 is 0 Å². The highest BCUT2D eigenvalue weighted by molar-refractivity contribution is 5.95. The lowest BCUT2D eigenvalue weighted by Crippen LogP contribution is -2.41. The lowest BCUT2D eigenvalue weighted by Gasteiger charge is -2.30. The van der Waals surface area contributed by atoms with Crippen LogP contribution in [0.3, 0.4) is 0 Å². The van der Waals surface area contributed by atoms with E-state index in [0.29, 0.717) is 26.3 Å². The van der Waals surface area contributed by atoms with Gasteiger partial charge >= 0.3 is 0 Å². The Hall–Kier alpha value is -1.54. The first kappa shape index (κ1) is 16.3. The van der Waals surface area contributed by atoms with Gasteiger partial charge in [-0.05, 0) is 14.1 Å². The molecule has 0 aliphatic carbocycles. The molecule has 2 saturated heterocycles. The molecule has 3 rings (SSSR count). The van der Waals surface area contributed by atoms with E-state index in [4.69, 9.17) is 4.74 Å². The first-order valence-electron chi connectivity index (χ1n) is 7.66. The maximum Gasteiger partial charge on any atom is 0.282 e. The van der Waals surface area contributed by atoms with Gasteiger partial charge in [0.2, 0.25) is 0 Å². The SMILES string of the molecule is CN(C)C[C@]12COC[C@H]1CN(C(=O)c1cn(C)nc1C(F)F)C2. The molecule has 1 aromatic rings. The van der Waals surface area contributed by atoms with Crippen LogP contribution in [0.25, 0.3) is 0 Å². The number of aromatic nitrogens is 2. The molecule has 0 unspecified atom stereocenters. The maximum absolute atomic E-state index is 13.1. The van der Waals surface area contributed by atoms with Crippen LogP contribution in [0.15, 0.2) is 6.20 Å². The second kappa shape index (κ2) is 5.83. The van der Waals surface area contributed by atoms with Crippen molar-refractivity contribution in [1.82, 2.24) is 19.6 Å². The van der Waals surface area contributed by atoms with Crippen molar-refractivity contribution in [1.29, 1.82) is 0 Å². The molecular weight excluding hydrogens is 306 g/mol. The fourth-order valence-electron chi connectivity index (χ4n) is 3.84. The number of ether oxygens (including phenoxy) is 1. The summed E-state index contributed by atoms with van der Waals surface area (Å²) in [5.74, 6) is -0.110. The molecule has 6 nitrogen and oxygen atoms in total. The molecule has 2 fully saturated rings. The van der Waals surface area contributed by atoms with Crippen LogP contribution in [0.5, 0.6) is 0 Å². The Morgan fingerprint density at radius 1 is 1.57 bits per heavy atom. The van der Waals surface area contributed by atoms with E-state index in [1.165, 1.54) is 10.9 Å². The molecule has 0 bridgehead atoms.